The van der Waals surface area contributed by atoms with Crippen LogP contribution in [0.2, 0.25) is 0 Å². The summed E-state index contributed by atoms with van der Waals surface area (Å²) in [5.41, 5.74) is 0. The van der Waals surface area contributed by atoms with Crippen LogP contribution >= 0.6 is 0 Å². The lowest BCUT2D eigenvalue weighted by Crippen LogP contribution is -2.01. The predicted octanol–water partition coefficient (Wildman–Crippen LogP) is 1.25. The van der Waals surface area contributed by atoms with Gasteiger partial charge in [0.1, 0.15) is 24.4 Å². The van der Waals surface area contributed by atoms with Gasteiger partial charge in [-0.05, 0) is 24.7 Å². The molecule has 3 heteroatoms. The highest BCUT2D eigenvalue weighted by Crippen LogP contribution is 1.94. The Morgan fingerprint density at radius 2 is 1.33 bits per heavy atom. The van der Waals surface area contributed by atoms with Gasteiger partial charge in [-0.15, -0.1) is 0 Å². The molecule has 0 aliphatic heterocycles. The van der Waals surface area contributed by atoms with E-state index in [2.05, 4.69) is 28.8 Å². The zero-order valence-corrected chi connectivity index (χ0v) is 9.29. The quantitative estimate of drug-likeness (QED) is 0.686. The van der Waals surface area contributed by atoms with Crippen molar-refractivity contribution in [3.8, 4) is 24.1 Å². The maximum atomic E-state index is 9.19. The first-order valence-electron chi connectivity index (χ1n) is 5.23. The van der Waals surface area contributed by atoms with Gasteiger partial charge in [-0.2, -0.15) is 0 Å². The number of ether oxygens (including phenoxy) is 1. The van der Waals surface area contributed by atoms with Gasteiger partial charge in [-0.1, -0.05) is 26.7 Å². The molecule has 0 aliphatic rings. The second kappa shape index (κ2) is 9.40. The van der Waals surface area contributed by atoms with Crippen LogP contribution in [0, 0.1) is 24.1 Å². The molecule has 0 bridgehead atoms. The van der Waals surface area contributed by atoms with Gasteiger partial charge >= 0.3 is 0 Å². The van der Waals surface area contributed by atoms with Gasteiger partial charge in [0.15, 0.2) is 0 Å². The Morgan fingerprint density at radius 3 is 1.67 bits per heavy atom. The molecular formula is C12H18O3. The van der Waals surface area contributed by atoms with Crippen molar-refractivity contribution < 1.29 is 14.9 Å². The van der Waals surface area contributed by atoms with Crippen LogP contribution in [0.1, 0.15) is 39.5 Å². The van der Waals surface area contributed by atoms with Crippen molar-refractivity contribution in [3.05, 3.63) is 0 Å². The Kier molecular flexibility index (Phi) is 8.67. The minimum atomic E-state index is -0.655. The van der Waals surface area contributed by atoms with Crippen molar-refractivity contribution in [2.45, 2.75) is 51.7 Å². The topological polar surface area (TPSA) is 49.7 Å². The van der Waals surface area contributed by atoms with E-state index in [1.54, 1.807) is 0 Å². The van der Waals surface area contributed by atoms with E-state index in [-0.39, 0.29) is 0 Å². The monoisotopic (exact) mass is 210 g/mol. The Balaban J connectivity index is 3.75. The third-order valence-corrected chi connectivity index (χ3v) is 1.68. The number of rotatable bonds is 4. The lowest BCUT2D eigenvalue weighted by molar-refractivity contribution is 0.218. The van der Waals surface area contributed by atoms with Crippen molar-refractivity contribution in [2.75, 3.05) is 0 Å². The highest BCUT2D eigenvalue weighted by Gasteiger charge is 1.95. The predicted molar refractivity (Wildman–Crippen MR) is 58.5 cm³/mol. The summed E-state index contributed by atoms with van der Waals surface area (Å²) in [6, 6.07) is 0. The molecule has 0 heterocycles. The van der Waals surface area contributed by atoms with Crippen LogP contribution in [-0.2, 0) is 4.74 Å². The first-order chi connectivity index (χ1) is 7.20. The van der Waals surface area contributed by atoms with Crippen LogP contribution in [0.4, 0.5) is 0 Å². The SMILES string of the molecule is CCCC(O)C#COC#CC(O)CCC. The number of hydrogen-bond acceptors (Lipinski definition) is 3. The molecule has 0 radical (unpaired) electrons. The van der Waals surface area contributed by atoms with E-state index in [9.17, 15) is 10.2 Å². The highest BCUT2D eigenvalue weighted by atomic mass is 16.5. The fourth-order valence-corrected chi connectivity index (χ4v) is 0.912. The van der Waals surface area contributed by atoms with Gasteiger partial charge < -0.3 is 14.9 Å². The van der Waals surface area contributed by atoms with Crippen LogP contribution in [0.3, 0.4) is 0 Å². The summed E-state index contributed by atoms with van der Waals surface area (Å²) in [5, 5.41) is 18.4. The molecule has 0 spiro atoms. The molecule has 0 amide bonds. The van der Waals surface area contributed by atoms with E-state index in [0.29, 0.717) is 12.8 Å². The molecule has 0 aromatic heterocycles. The van der Waals surface area contributed by atoms with Gasteiger partial charge in [-0.3, -0.25) is 0 Å². The summed E-state index contributed by atoms with van der Waals surface area (Å²) in [6.45, 7) is 3.93. The normalized spacial score (nSPS) is 12.8. The Hall–Kier alpha value is -1.16. The first-order valence-corrected chi connectivity index (χ1v) is 5.23. The molecule has 2 atom stereocenters. The standard InChI is InChI=1S/C12H18O3/c1-3-5-11(13)7-9-15-10-8-12(14)6-4-2/h11-14H,3-6H2,1-2H3. The maximum Gasteiger partial charge on any atom is 0.132 e. The molecule has 15 heavy (non-hydrogen) atoms. The number of aliphatic hydroxyl groups is 2. The third kappa shape index (κ3) is 9.15. The van der Waals surface area contributed by atoms with Crippen LogP contribution in [-0.4, -0.2) is 22.4 Å². The maximum absolute atomic E-state index is 9.19. The molecule has 3 nitrogen and oxygen atoms in total. The molecular weight excluding hydrogens is 192 g/mol. The van der Waals surface area contributed by atoms with Gasteiger partial charge in [0.25, 0.3) is 0 Å². The van der Waals surface area contributed by atoms with E-state index >= 15 is 0 Å². The fraction of sp³-hybridized carbons (Fsp3) is 0.667. The van der Waals surface area contributed by atoms with Crippen LogP contribution in [0.15, 0.2) is 0 Å². The number of hydrogen-bond donors (Lipinski definition) is 2. The lowest BCUT2D eigenvalue weighted by atomic mass is 10.2. The van der Waals surface area contributed by atoms with Crippen molar-refractivity contribution >= 4 is 0 Å². The summed E-state index contributed by atoms with van der Waals surface area (Å²) >= 11 is 0. The molecule has 2 N–H and O–H groups in total. The molecule has 0 aromatic rings. The van der Waals surface area contributed by atoms with E-state index in [1.807, 2.05) is 13.8 Å². The highest BCUT2D eigenvalue weighted by molar-refractivity contribution is 5.04. The number of aliphatic hydroxyl groups excluding tert-OH is 2. The molecule has 0 saturated carbocycles. The third-order valence-electron chi connectivity index (χ3n) is 1.68. The second-order valence-electron chi connectivity index (χ2n) is 3.20. The zero-order valence-electron chi connectivity index (χ0n) is 9.29. The summed E-state index contributed by atoms with van der Waals surface area (Å²) in [4.78, 5) is 0. The van der Waals surface area contributed by atoms with E-state index in [1.165, 1.54) is 0 Å². The summed E-state index contributed by atoms with van der Waals surface area (Å²) < 4.78 is 4.63. The van der Waals surface area contributed by atoms with Gasteiger partial charge in [0, 0.05) is 0 Å². The van der Waals surface area contributed by atoms with Crippen LogP contribution < -0.4 is 0 Å². The Morgan fingerprint density at radius 1 is 0.933 bits per heavy atom. The zero-order chi connectivity index (χ0) is 11.5. The van der Waals surface area contributed by atoms with Crippen molar-refractivity contribution in [2.24, 2.45) is 0 Å². The van der Waals surface area contributed by atoms with E-state index in [4.69, 9.17) is 0 Å². The molecule has 2 unspecified atom stereocenters. The molecule has 0 fully saturated rings. The van der Waals surface area contributed by atoms with Crippen LogP contribution in [0.5, 0.6) is 0 Å². The van der Waals surface area contributed by atoms with E-state index < -0.39 is 12.2 Å². The Bertz CT molecular complexity index is 236. The van der Waals surface area contributed by atoms with Crippen molar-refractivity contribution in [1.29, 1.82) is 0 Å². The second-order valence-corrected chi connectivity index (χ2v) is 3.20. The van der Waals surface area contributed by atoms with Gasteiger partial charge in [0.2, 0.25) is 0 Å². The fourth-order valence-electron chi connectivity index (χ4n) is 0.912. The molecule has 0 aliphatic carbocycles. The average molecular weight is 210 g/mol. The minimum absolute atomic E-state index is 0.627. The lowest BCUT2D eigenvalue weighted by Gasteiger charge is -1.97. The smallest absolute Gasteiger partial charge is 0.132 e. The van der Waals surface area contributed by atoms with Crippen molar-refractivity contribution in [1.82, 2.24) is 0 Å². The molecule has 0 rings (SSSR count). The van der Waals surface area contributed by atoms with Crippen molar-refractivity contribution in [3.63, 3.8) is 0 Å². The molecule has 0 saturated heterocycles. The van der Waals surface area contributed by atoms with Gasteiger partial charge in [-0.25, -0.2) is 0 Å². The largest absolute Gasteiger partial charge is 0.380 e. The minimum Gasteiger partial charge on any atom is -0.380 e. The van der Waals surface area contributed by atoms with E-state index in [0.717, 1.165) is 12.8 Å². The molecule has 84 valence electrons. The average Bonchev–Trinajstić information content (AvgIpc) is 2.18. The summed E-state index contributed by atoms with van der Waals surface area (Å²) in [5.74, 6) is 4.98. The summed E-state index contributed by atoms with van der Waals surface area (Å²) in [7, 11) is 0. The van der Waals surface area contributed by atoms with Crippen LogP contribution in [0.25, 0.3) is 0 Å². The molecule has 0 aromatic carbocycles. The Labute approximate surface area is 91.5 Å². The van der Waals surface area contributed by atoms with Gasteiger partial charge in [0.05, 0.1) is 0 Å². The summed E-state index contributed by atoms with van der Waals surface area (Å²) in [6.07, 6.45) is 6.25. The first kappa shape index (κ1) is 13.8.